The molecule has 1 fully saturated rings. The minimum absolute atomic E-state index is 0.0307. The third kappa shape index (κ3) is 5.55. The zero-order valence-electron chi connectivity index (χ0n) is 15.8. The number of halogens is 3. The predicted octanol–water partition coefficient (Wildman–Crippen LogP) is 4.93. The SMILES string of the molecule is CC1(C)OC[C@@H](CCOc2cc(F)cc(Nc3ccc(I)cc3F)c2C(=O)O)O1. The molecule has 2 aromatic rings. The lowest BCUT2D eigenvalue weighted by molar-refractivity contribution is -0.139. The third-order valence-corrected chi connectivity index (χ3v) is 4.92. The van der Waals surface area contributed by atoms with Gasteiger partial charge in [-0.3, -0.25) is 0 Å². The van der Waals surface area contributed by atoms with Crippen LogP contribution < -0.4 is 10.1 Å². The van der Waals surface area contributed by atoms with Crippen LogP contribution in [-0.2, 0) is 9.47 Å². The summed E-state index contributed by atoms with van der Waals surface area (Å²) in [6.45, 7) is 4.09. The van der Waals surface area contributed by atoms with Crippen molar-refractivity contribution in [2.45, 2.75) is 32.2 Å². The Labute approximate surface area is 180 Å². The Kier molecular flexibility index (Phi) is 6.59. The van der Waals surface area contributed by atoms with E-state index >= 15 is 0 Å². The molecule has 1 aliphatic heterocycles. The Morgan fingerprint density at radius 2 is 2.07 bits per heavy atom. The smallest absolute Gasteiger partial charge is 0.341 e. The van der Waals surface area contributed by atoms with Crippen molar-refractivity contribution in [3.05, 3.63) is 51.1 Å². The van der Waals surface area contributed by atoms with Crippen LogP contribution in [0.4, 0.5) is 20.2 Å². The molecule has 0 unspecified atom stereocenters. The van der Waals surface area contributed by atoms with E-state index in [1.807, 2.05) is 22.6 Å². The average Bonchev–Trinajstić information content (AvgIpc) is 2.95. The van der Waals surface area contributed by atoms with Crippen LogP contribution in [0.2, 0.25) is 0 Å². The fourth-order valence-corrected chi connectivity index (χ4v) is 3.41. The minimum Gasteiger partial charge on any atom is -0.492 e. The monoisotopic (exact) mass is 519 g/mol. The fourth-order valence-electron chi connectivity index (χ4n) is 2.96. The molecule has 0 bridgehead atoms. The van der Waals surface area contributed by atoms with Gasteiger partial charge >= 0.3 is 5.97 Å². The van der Waals surface area contributed by atoms with Gasteiger partial charge < -0.3 is 24.6 Å². The molecular weight excluding hydrogens is 499 g/mol. The molecule has 0 aromatic heterocycles. The first-order chi connectivity index (χ1) is 13.6. The molecule has 9 heteroatoms. The largest absolute Gasteiger partial charge is 0.492 e. The van der Waals surface area contributed by atoms with Crippen LogP contribution in [0.25, 0.3) is 0 Å². The molecule has 2 N–H and O–H groups in total. The number of hydrogen-bond donors (Lipinski definition) is 2. The molecule has 156 valence electrons. The molecule has 0 aliphatic carbocycles. The average molecular weight is 519 g/mol. The molecule has 1 heterocycles. The van der Waals surface area contributed by atoms with Crippen LogP contribution in [0.3, 0.4) is 0 Å². The highest BCUT2D eigenvalue weighted by atomic mass is 127. The first kappa shape index (κ1) is 21.7. The van der Waals surface area contributed by atoms with Gasteiger partial charge in [0.15, 0.2) is 5.79 Å². The highest BCUT2D eigenvalue weighted by molar-refractivity contribution is 14.1. The van der Waals surface area contributed by atoms with Gasteiger partial charge in [0.05, 0.1) is 30.7 Å². The van der Waals surface area contributed by atoms with Crippen LogP contribution in [-0.4, -0.2) is 36.2 Å². The third-order valence-electron chi connectivity index (χ3n) is 4.25. The number of benzene rings is 2. The first-order valence-corrected chi connectivity index (χ1v) is 9.96. The van der Waals surface area contributed by atoms with E-state index in [9.17, 15) is 18.7 Å². The number of carboxylic acid groups (broad SMARTS) is 1. The lowest BCUT2D eigenvalue weighted by Crippen LogP contribution is -2.22. The molecule has 29 heavy (non-hydrogen) atoms. The number of carbonyl (C=O) groups is 1. The van der Waals surface area contributed by atoms with Crippen molar-refractivity contribution in [2.24, 2.45) is 0 Å². The van der Waals surface area contributed by atoms with Gasteiger partial charge in [-0.2, -0.15) is 0 Å². The van der Waals surface area contributed by atoms with Gasteiger partial charge in [0.1, 0.15) is 22.9 Å². The number of rotatable bonds is 7. The maximum atomic E-state index is 14.1. The zero-order chi connectivity index (χ0) is 21.2. The van der Waals surface area contributed by atoms with Crippen LogP contribution in [0.5, 0.6) is 5.75 Å². The number of nitrogens with one attached hydrogen (secondary N) is 1. The maximum Gasteiger partial charge on any atom is 0.341 e. The molecule has 0 saturated carbocycles. The highest BCUT2D eigenvalue weighted by Crippen LogP contribution is 2.32. The summed E-state index contributed by atoms with van der Waals surface area (Å²) in [5.41, 5.74) is -0.356. The number of anilines is 2. The Bertz CT molecular complexity index is 922. The molecule has 0 radical (unpaired) electrons. The predicted molar refractivity (Wildman–Crippen MR) is 111 cm³/mol. The minimum atomic E-state index is -1.32. The zero-order valence-corrected chi connectivity index (χ0v) is 18.0. The van der Waals surface area contributed by atoms with Gasteiger partial charge in [0.25, 0.3) is 0 Å². The Hall–Kier alpha value is -1.98. The lowest BCUT2D eigenvalue weighted by atomic mass is 10.1. The maximum absolute atomic E-state index is 14.1. The number of carboxylic acids is 1. The van der Waals surface area contributed by atoms with E-state index in [0.717, 1.165) is 12.1 Å². The summed E-state index contributed by atoms with van der Waals surface area (Å²) >= 11 is 1.95. The summed E-state index contributed by atoms with van der Waals surface area (Å²) in [4.78, 5) is 11.8. The summed E-state index contributed by atoms with van der Waals surface area (Å²) in [5, 5.41) is 12.3. The number of hydrogen-bond acceptors (Lipinski definition) is 5. The molecule has 1 aliphatic rings. The molecule has 0 spiro atoms. The molecule has 1 atom stereocenters. The van der Waals surface area contributed by atoms with E-state index in [-0.39, 0.29) is 35.4 Å². The lowest BCUT2D eigenvalue weighted by Gasteiger charge is -2.18. The van der Waals surface area contributed by atoms with Crippen LogP contribution in [0.15, 0.2) is 30.3 Å². The van der Waals surface area contributed by atoms with Crippen LogP contribution in [0.1, 0.15) is 30.6 Å². The number of ether oxygens (including phenoxy) is 3. The molecule has 2 aromatic carbocycles. The second-order valence-corrected chi connectivity index (χ2v) is 8.21. The molecule has 3 rings (SSSR count). The van der Waals surface area contributed by atoms with E-state index < -0.39 is 23.4 Å². The Morgan fingerprint density at radius 3 is 2.69 bits per heavy atom. The normalized spacial score (nSPS) is 17.9. The van der Waals surface area contributed by atoms with Crippen molar-refractivity contribution >= 4 is 39.9 Å². The van der Waals surface area contributed by atoms with Crippen molar-refractivity contribution in [3.63, 3.8) is 0 Å². The van der Waals surface area contributed by atoms with Gasteiger partial charge in [-0.05, 0) is 60.7 Å². The topological polar surface area (TPSA) is 77.0 Å². The van der Waals surface area contributed by atoms with Crippen LogP contribution in [0, 0.1) is 15.2 Å². The summed E-state index contributed by atoms with van der Waals surface area (Å²) in [5.74, 6) is -3.44. The van der Waals surface area contributed by atoms with Crippen molar-refractivity contribution in [2.75, 3.05) is 18.5 Å². The first-order valence-electron chi connectivity index (χ1n) is 8.88. The van der Waals surface area contributed by atoms with Crippen molar-refractivity contribution in [1.82, 2.24) is 0 Å². The van der Waals surface area contributed by atoms with Crippen molar-refractivity contribution in [3.8, 4) is 5.75 Å². The molecule has 0 amide bonds. The Morgan fingerprint density at radius 1 is 1.31 bits per heavy atom. The summed E-state index contributed by atoms with van der Waals surface area (Å²) in [6.07, 6.45) is 0.235. The second-order valence-electron chi connectivity index (χ2n) is 6.97. The van der Waals surface area contributed by atoms with Gasteiger partial charge in [0.2, 0.25) is 0 Å². The summed E-state index contributed by atoms with van der Waals surface area (Å²) in [7, 11) is 0. The summed E-state index contributed by atoms with van der Waals surface area (Å²) < 4.78 is 45.6. The Balaban J connectivity index is 1.79. The van der Waals surface area contributed by atoms with E-state index in [0.29, 0.717) is 16.6 Å². The summed E-state index contributed by atoms with van der Waals surface area (Å²) in [6, 6.07) is 6.37. The van der Waals surface area contributed by atoms with Gasteiger partial charge in [-0.25, -0.2) is 13.6 Å². The van der Waals surface area contributed by atoms with Gasteiger partial charge in [-0.15, -0.1) is 0 Å². The quantitative estimate of drug-likeness (QED) is 0.506. The van der Waals surface area contributed by atoms with Crippen molar-refractivity contribution < 1.29 is 32.9 Å². The van der Waals surface area contributed by atoms with Gasteiger partial charge in [0, 0.05) is 16.1 Å². The number of aromatic carboxylic acids is 1. The second kappa shape index (κ2) is 8.80. The van der Waals surface area contributed by atoms with Crippen molar-refractivity contribution in [1.29, 1.82) is 0 Å². The fraction of sp³-hybridized carbons (Fsp3) is 0.350. The van der Waals surface area contributed by atoms with E-state index in [1.165, 1.54) is 12.1 Å². The van der Waals surface area contributed by atoms with E-state index in [1.54, 1.807) is 19.9 Å². The molecular formula is C20H20F2INO5. The van der Waals surface area contributed by atoms with E-state index in [2.05, 4.69) is 5.32 Å². The highest BCUT2D eigenvalue weighted by Gasteiger charge is 2.32. The van der Waals surface area contributed by atoms with Crippen LogP contribution >= 0.6 is 22.6 Å². The standard InChI is InChI=1S/C20H20F2INO5/c1-20(2)28-10-13(29-20)5-6-27-17-8-11(21)7-16(18(17)19(25)26)24-15-4-3-12(23)9-14(15)22/h3-4,7-9,13,24H,5-6,10H2,1-2H3,(H,25,26)/t13-/m1/s1. The van der Waals surface area contributed by atoms with Gasteiger partial charge in [-0.1, -0.05) is 0 Å². The molecule has 6 nitrogen and oxygen atoms in total. The molecule has 1 saturated heterocycles. The van der Waals surface area contributed by atoms with E-state index in [4.69, 9.17) is 14.2 Å².